The molecule has 0 fully saturated rings. The molecular weight excluding hydrogens is 280 g/mol. The summed E-state index contributed by atoms with van der Waals surface area (Å²) in [6.45, 7) is 1.69. The maximum Gasteiger partial charge on any atom is 0.326 e. The van der Waals surface area contributed by atoms with E-state index in [0.29, 0.717) is 22.1 Å². The lowest BCUT2D eigenvalue weighted by molar-refractivity contribution is -0.139. The van der Waals surface area contributed by atoms with Crippen LogP contribution in [0.15, 0.2) is 24.7 Å². The van der Waals surface area contributed by atoms with Crippen molar-refractivity contribution >= 4 is 23.2 Å². The maximum absolute atomic E-state index is 11.9. The van der Waals surface area contributed by atoms with Crippen molar-refractivity contribution in [2.24, 2.45) is 0 Å². The van der Waals surface area contributed by atoms with Crippen LogP contribution in [-0.2, 0) is 4.79 Å². The Morgan fingerprint density at radius 3 is 2.65 bits per heavy atom. The number of aromatic nitrogens is 3. The highest BCUT2D eigenvalue weighted by atomic mass is 32.1. The maximum atomic E-state index is 11.9. The van der Waals surface area contributed by atoms with Gasteiger partial charge >= 0.3 is 5.97 Å². The van der Waals surface area contributed by atoms with Crippen molar-refractivity contribution in [1.82, 2.24) is 20.3 Å². The molecule has 104 valence electrons. The van der Waals surface area contributed by atoms with Gasteiger partial charge in [-0.05, 0) is 12.5 Å². The Balaban J connectivity index is 2.13. The monoisotopic (exact) mass is 292 g/mol. The van der Waals surface area contributed by atoms with Crippen molar-refractivity contribution < 1.29 is 14.7 Å². The largest absolute Gasteiger partial charge is 0.480 e. The summed E-state index contributed by atoms with van der Waals surface area (Å²) in [7, 11) is 0. The highest BCUT2D eigenvalue weighted by Gasteiger charge is 2.20. The number of thiazole rings is 1. The van der Waals surface area contributed by atoms with Crippen LogP contribution in [0.5, 0.6) is 0 Å². The molecule has 8 heteroatoms. The number of nitrogens with zero attached hydrogens (tertiary/aromatic N) is 3. The number of rotatable bonds is 5. The van der Waals surface area contributed by atoms with Crippen LogP contribution in [0.1, 0.15) is 23.0 Å². The summed E-state index contributed by atoms with van der Waals surface area (Å²) in [4.78, 5) is 35.3. The second kappa shape index (κ2) is 6.20. The molecule has 2 N–H and O–H groups in total. The fraction of sp³-hybridized carbons (Fsp3) is 0.250. The smallest absolute Gasteiger partial charge is 0.326 e. The molecule has 0 aliphatic rings. The number of carbonyl (C=O) groups excluding carboxylic acids is 1. The molecule has 1 amide bonds. The minimum atomic E-state index is -1.06. The molecule has 0 aliphatic carbocycles. The van der Waals surface area contributed by atoms with Gasteiger partial charge in [-0.15, -0.1) is 11.3 Å². The number of carboxylic acids is 1. The average Bonchev–Trinajstić information content (AvgIpc) is 2.95. The Morgan fingerprint density at radius 1 is 1.35 bits per heavy atom. The van der Waals surface area contributed by atoms with Gasteiger partial charge in [0.1, 0.15) is 10.9 Å². The van der Waals surface area contributed by atoms with E-state index >= 15 is 0 Å². The highest BCUT2D eigenvalue weighted by molar-refractivity contribution is 7.16. The lowest BCUT2D eigenvalue weighted by Crippen LogP contribution is -2.39. The standard InChI is InChI=1S/C12H12N4O3S/c1-2-7(12(18)19)16-10(17)8-6-15-11(20-8)9-13-4-3-5-14-9/h3-7H,2H2,1H3,(H,16,17)(H,18,19). The number of amides is 1. The average molecular weight is 292 g/mol. The Morgan fingerprint density at radius 2 is 2.05 bits per heavy atom. The van der Waals surface area contributed by atoms with Crippen molar-refractivity contribution in [1.29, 1.82) is 0 Å². The van der Waals surface area contributed by atoms with Gasteiger partial charge in [-0.3, -0.25) is 4.79 Å². The van der Waals surface area contributed by atoms with Gasteiger partial charge in [0.05, 0.1) is 6.20 Å². The molecule has 2 heterocycles. The summed E-state index contributed by atoms with van der Waals surface area (Å²) in [5.74, 6) is -1.09. The number of aliphatic carboxylic acids is 1. The molecule has 0 radical (unpaired) electrons. The number of hydrogen-bond acceptors (Lipinski definition) is 6. The van der Waals surface area contributed by atoms with Gasteiger partial charge in [0.2, 0.25) is 0 Å². The minimum absolute atomic E-state index is 0.314. The van der Waals surface area contributed by atoms with Crippen molar-refractivity contribution in [2.75, 3.05) is 0 Å². The van der Waals surface area contributed by atoms with E-state index in [1.807, 2.05) is 0 Å². The third-order valence-corrected chi connectivity index (χ3v) is 3.49. The molecule has 1 atom stereocenters. The summed E-state index contributed by atoms with van der Waals surface area (Å²) >= 11 is 1.12. The number of carbonyl (C=O) groups is 2. The van der Waals surface area contributed by atoms with E-state index in [9.17, 15) is 9.59 Å². The van der Waals surface area contributed by atoms with Crippen LogP contribution < -0.4 is 5.32 Å². The van der Waals surface area contributed by atoms with E-state index in [2.05, 4.69) is 20.3 Å². The summed E-state index contributed by atoms with van der Waals surface area (Å²) in [6, 6.07) is 0.782. The van der Waals surface area contributed by atoms with Crippen LogP contribution in [0.4, 0.5) is 0 Å². The second-order valence-electron chi connectivity index (χ2n) is 3.87. The van der Waals surface area contributed by atoms with Gasteiger partial charge in [-0.1, -0.05) is 6.92 Å². The summed E-state index contributed by atoms with van der Waals surface area (Å²) in [5, 5.41) is 11.9. The van der Waals surface area contributed by atoms with Crippen molar-refractivity contribution in [3.63, 3.8) is 0 Å². The molecule has 0 saturated carbocycles. The van der Waals surface area contributed by atoms with Crippen LogP contribution in [0.3, 0.4) is 0 Å². The Kier molecular flexibility index (Phi) is 4.36. The van der Waals surface area contributed by atoms with Gasteiger partial charge in [0.25, 0.3) is 5.91 Å². The van der Waals surface area contributed by atoms with E-state index in [1.54, 1.807) is 25.4 Å². The highest BCUT2D eigenvalue weighted by Crippen LogP contribution is 2.21. The summed E-state index contributed by atoms with van der Waals surface area (Å²) in [5.41, 5.74) is 0. The first-order valence-corrected chi connectivity index (χ1v) is 6.70. The fourth-order valence-electron chi connectivity index (χ4n) is 1.46. The molecule has 2 rings (SSSR count). The molecule has 2 aromatic rings. The SMILES string of the molecule is CCC(NC(=O)c1cnc(-c2ncccn2)s1)C(=O)O. The van der Waals surface area contributed by atoms with E-state index in [1.165, 1.54) is 6.20 Å². The predicted molar refractivity (Wildman–Crippen MR) is 72.3 cm³/mol. The zero-order valence-electron chi connectivity index (χ0n) is 10.6. The van der Waals surface area contributed by atoms with E-state index in [0.717, 1.165) is 11.3 Å². The fourth-order valence-corrected chi connectivity index (χ4v) is 2.23. The van der Waals surface area contributed by atoms with E-state index in [4.69, 9.17) is 5.11 Å². The lowest BCUT2D eigenvalue weighted by atomic mass is 10.2. The zero-order chi connectivity index (χ0) is 14.5. The van der Waals surface area contributed by atoms with Gasteiger partial charge in [-0.2, -0.15) is 0 Å². The molecule has 7 nitrogen and oxygen atoms in total. The third kappa shape index (κ3) is 3.15. The molecule has 0 bridgehead atoms. The lowest BCUT2D eigenvalue weighted by Gasteiger charge is -2.10. The first-order valence-electron chi connectivity index (χ1n) is 5.88. The third-order valence-electron chi connectivity index (χ3n) is 2.50. The number of carboxylic acid groups (broad SMARTS) is 1. The predicted octanol–water partition coefficient (Wildman–Crippen LogP) is 1.19. The molecule has 0 aliphatic heterocycles. The molecule has 1 unspecified atom stereocenters. The molecular formula is C12H12N4O3S. The number of nitrogens with one attached hydrogen (secondary N) is 1. The molecule has 20 heavy (non-hydrogen) atoms. The van der Waals surface area contributed by atoms with Gasteiger partial charge in [0, 0.05) is 12.4 Å². The van der Waals surface area contributed by atoms with Gasteiger partial charge < -0.3 is 10.4 Å². The number of hydrogen-bond donors (Lipinski definition) is 2. The Labute approximate surface area is 118 Å². The van der Waals surface area contributed by atoms with Crippen molar-refractivity contribution in [3.05, 3.63) is 29.5 Å². The van der Waals surface area contributed by atoms with Crippen molar-refractivity contribution in [3.8, 4) is 10.8 Å². The summed E-state index contributed by atoms with van der Waals surface area (Å²) in [6.07, 6.45) is 4.87. The first kappa shape index (κ1) is 14.1. The minimum Gasteiger partial charge on any atom is -0.480 e. The Bertz CT molecular complexity index is 614. The topological polar surface area (TPSA) is 105 Å². The van der Waals surface area contributed by atoms with E-state index in [-0.39, 0.29) is 0 Å². The van der Waals surface area contributed by atoms with Crippen LogP contribution in [-0.4, -0.2) is 38.0 Å². The molecule has 0 spiro atoms. The summed E-state index contributed by atoms with van der Waals surface area (Å²) < 4.78 is 0. The van der Waals surface area contributed by atoms with Crippen LogP contribution in [0.2, 0.25) is 0 Å². The van der Waals surface area contributed by atoms with E-state index < -0.39 is 17.9 Å². The zero-order valence-corrected chi connectivity index (χ0v) is 11.4. The van der Waals surface area contributed by atoms with Crippen LogP contribution in [0, 0.1) is 0 Å². The first-order chi connectivity index (χ1) is 9.61. The van der Waals surface area contributed by atoms with Crippen LogP contribution in [0.25, 0.3) is 10.8 Å². The normalized spacial score (nSPS) is 11.8. The molecule has 0 aromatic carbocycles. The van der Waals surface area contributed by atoms with Crippen LogP contribution >= 0.6 is 11.3 Å². The second-order valence-corrected chi connectivity index (χ2v) is 4.91. The molecule has 0 saturated heterocycles. The van der Waals surface area contributed by atoms with Gasteiger partial charge in [0.15, 0.2) is 10.8 Å². The van der Waals surface area contributed by atoms with Crippen molar-refractivity contribution in [2.45, 2.75) is 19.4 Å². The Hall–Kier alpha value is -2.35. The van der Waals surface area contributed by atoms with Gasteiger partial charge in [-0.25, -0.2) is 19.7 Å². The quantitative estimate of drug-likeness (QED) is 0.857. The molecule has 2 aromatic heterocycles.